The summed E-state index contributed by atoms with van der Waals surface area (Å²) >= 11 is 3.20. The van der Waals surface area contributed by atoms with Crippen LogP contribution in [-0.2, 0) is 16.6 Å². The van der Waals surface area contributed by atoms with E-state index in [0.717, 1.165) is 13.1 Å². The number of rotatable bonds is 4. The van der Waals surface area contributed by atoms with Crippen molar-refractivity contribution in [2.45, 2.75) is 5.75 Å². The van der Waals surface area contributed by atoms with Crippen molar-refractivity contribution in [3.63, 3.8) is 0 Å². The van der Waals surface area contributed by atoms with E-state index >= 15 is 0 Å². The highest BCUT2D eigenvalue weighted by Crippen LogP contribution is 2.17. The molecule has 5 heteroatoms. The summed E-state index contributed by atoms with van der Waals surface area (Å²) in [6, 6.07) is 4.88. The number of nitrogens with one attached hydrogen (secondary N) is 1. The molecule has 1 heterocycles. The van der Waals surface area contributed by atoms with Crippen LogP contribution in [0.2, 0.25) is 0 Å². The van der Waals surface area contributed by atoms with Crippen LogP contribution in [0, 0.1) is 11.7 Å². The molecule has 1 N–H and O–H groups in total. The zero-order valence-electron chi connectivity index (χ0n) is 8.71. The third-order valence-electron chi connectivity index (χ3n) is 2.62. The van der Waals surface area contributed by atoms with Gasteiger partial charge in [0, 0.05) is 39.7 Å². The monoisotopic (exact) mass is 305 g/mol. The summed E-state index contributed by atoms with van der Waals surface area (Å²) in [7, 11) is -0.962. The molecule has 1 fully saturated rings. The Balaban J connectivity index is 1.94. The summed E-state index contributed by atoms with van der Waals surface area (Å²) < 4.78 is 25.9. The van der Waals surface area contributed by atoms with E-state index in [0.29, 0.717) is 27.5 Å². The molecule has 88 valence electrons. The number of hydrogen-bond acceptors (Lipinski definition) is 2. The summed E-state index contributed by atoms with van der Waals surface area (Å²) in [5.74, 6) is 1.20. The summed E-state index contributed by atoms with van der Waals surface area (Å²) in [5, 5.41) is 3.13. The molecule has 0 amide bonds. The lowest BCUT2D eigenvalue weighted by Gasteiger charge is -2.26. The number of halogens is 2. The first kappa shape index (κ1) is 12.2. The summed E-state index contributed by atoms with van der Waals surface area (Å²) in [6.45, 7) is 1.88. The lowest BCUT2D eigenvalue weighted by atomic mass is 10.1. The van der Waals surface area contributed by atoms with Gasteiger partial charge in [-0.15, -0.1) is 0 Å². The van der Waals surface area contributed by atoms with Crippen LogP contribution in [0.15, 0.2) is 22.7 Å². The Labute approximate surface area is 105 Å². The highest BCUT2D eigenvalue weighted by molar-refractivity contribution is 9.10. The maximum Gasteiger partial charge on any atom is 0.128 e. The van der Waals surface area contributed by atoms with Crippen LogP contribution in [-0.4, -0.2) is 23.1 Å². The SMILES string of the molecule is O=S(Cc1ccc(Br)cc1F)CC1CNC1. The fraction of sp³-hybridized carbons (Fsp3) is 0.455. The van der Waals surface area contributed by atoms with Crippen LogP contribution in [0.1, 0.15) is 5.56 Å². The van der Waals surface area contributed by atoms with E-state index in [-0.39, 0.29) is 5.82 Å². The molecular formula is C11H13BrFNOS. The Morgan fingerprint density at radius 2 is 2.25 bits per heavy atom. The van der Waals surface area contributed by atoms with Crippen molar-refractivity contribution in [3.05, 3.63) is 34.1 Å². The van der Waals surface area contributed by atoms with Gasteiger partial charge in [0.15, 0.2) is 0 Å². The smallest absolute Gasteiger partial charge is 0.128 e. The molecular weight excluding hydrogens is 293 g/mol. The van der Waals surface area contributed by atoms with Gasteiger partial charge < -0.3 is 5.32 Å². The van der Waals surface area contributed by atoms with Gasteiger partial charge in [0.25, 0.3) is 0 Å². The molecule has 1 saturated heterocycles. The molecule has 1 aromatic carbocycles. The maximum absolute atomic E-state index is 13.5. The first-order valence-electron chi connectivity index (χ1n) is 5.15. The van der Waals surface area contributed by atoms with Gasteiger partial charge in [-0.3, -0.25) is 4.21 Å². The van der Waals surface area contributed by atoms with Gasteiger partial charge in [-0.05, 0) is 18.1 Å². The predicted octanol–water partition coefficient (Wildman–Crippen LogP) is 2.06. The molecule has 0 aliphatic carbocycles. The maximum atomic E-state index is 13.5. The largest absolute Gasteiger partial charge is 0.316 e. The third-order valence-corrected chi connectivity index (χ3v) is 4.59. The van der Waals surface area contributed by atoms with Crippen molar-refractivity contribution in [2.24, 2.45) is 5.92 Å². The van der Waals surface area contributed by atoms with E-state index in [2.05, 4.69) is 21.2 Å². The normalized spacial score (nSPS) is 18.1. The molecule has 2 nitrogen and oxygen atoms in total. The molecule has 0 radical (unpaired) electrons. The van der Waals surface area contributed by atoms with Crippen LogP contribution in [0.5, 0.6) is 0 Å². The average Bonchev–Trinajstić information content (AvgIpc) is 2.16. The molecule has 16 heavy (non-hydrogen) atoms. The zero-order valence-corrected chi connectivity index (χ0v) is 11.1. The van der Waals surface area contributed by atoms with E-state index < -0.39 is 10.8 Å². The highest BCUT2D eigenvalue weighted by Gasteiger charge is 2.19. The quantitative estimate of drug-likeness (QED) is 0.922. The second-order valence-corrected chi connectivity index (χ2v) is 6.43. The topological polar surface area (TPSA) is 29.1 Å². The lowest BCUT2D eigenvalue weighted by Crippen LogP contribution is -2.44. The fourth-order valence-electron chi connectivity index (χ4n) is 1.60. The second-order valence-electron chi connectivity index (χ2n) is 4.01. The molecule has 0 bridgehead atoms. The fourth-order valence-corrected chi connectivity index (χ4v) is 3.39. The average molecular weight is 306 g/mol. The Kier molecular flexibility index (Phi) is 4.10. The Morgan fingerprint density at radius 1 is 1.50 bits per heavy atom. The molecule has 1 unspecified atom stereocenters. The van der Waals surface area contributed by atoms with Crippen LogP contribution in [0.3, 0.4) is 0 Å². The Hall–Kier alpha value is -0.260. The zero-order chi connectivity index (χ0) is 11.5. The molecule has 1 aliphatic heterocycles. The van der Waals surface area contributed by atoms with E-state index in [1.54, 1.807) is 12.1 Å². The molecule has 1 atom stereocenters. The van der Waals surface area contributed by atoms with Gasteiger partial charge in [-0.2, -0.15) is 0 Å². The molecule has 0 aromatic heterocycles. The minimum atomic E-state index is -0.962. The number of hydrogen-bond donors (Lipinski definition) is 1. The standard InChI is InChI=1S/C11H13BrFNOS/c12-10-2-1-9(11(13)3-10)7-16(15)6-8-4-14-5-8/h1-3,8,14H,4-7H2. The van der Waals surface area contributed by atoms with E-state index in [4.69, 9.17) is 0 Å². The molecule has 1 aromatic rings. The highest BCUT2D eigenvalue weighted by atomic mass is 79.9. The van der Waals surface area contributed by atoms with Gasteiger partial charge in [-0.1, -0.05) is 22.0 Å². The van der Waals surface area contributed by atoms with Crippen LogP contribution >= 0.6 is 15.9 Å². The van der Waals surface area contributed by atoms with Gasteiger partial charge in [0.1, 0.15) is 5.82 Å². The van der Waals surface area contributed by atoms with Gasteiger partial charge in [0.05, 0.1) is 5.75 Å². The molecule has 0 saturated carbocycles. The van der Waals surface area contributed by atoms with Crippen molar-refractivity contribution in [1.82, 2.24) is 5.32 Å². The van der Waals surface area contributed by atoms with Crippen molar-refractivity contribution in [3.8, 4) is 0 Å². The van der Waals surface area contributed by atoms with Crippen molar-refractivity contribution < 1.29 is 8.60 Å². The van der Waals surface area contributed by atoms with Crippen molar-refractivity contribution in [1.29, 1.82) is 0 Å². The second kappa shape index (κ2) is 5.38. The summed E-state index contributed by atoms with van der Waals surface area (Å²) in [6.07, 6.45) is 0. The molecule has 1 aliphatic rings. The Morgan fingerprint density at radius 3 is 2.81 bits per heavy atom. The minimum absolute atomic E-state index is 0.283. The predicted molar refractivity (Wildman–Crippen MR) is 67.2 cm³/mol. The van der Waals surface area contributed by atoms with Gasteiger partial charge >= 0.3 is 0 Å². The molecule has 2 rings (SSSR count). The Bertz CT molecular complexity index is 409. The van der Waals surface area contributed by atoms with Crippen LogP contribution < -0.4 is 5.32 Å². The minimum Gasteiger partial charge on any atom is -0.316 e. The van der Waals surface area contributed by atoms with Gasteiger partial charge in [-0.25, -0.2) is 4.39 Å². The summed E-state index contributed by atoms with van der Waals surface area (Å²) in [4.78, 5) is 0. The lowest BCUT2D eigenvalue weighted by molar-refractivity contribution is 0.382. The van der Waals surface area contributed by atoms with Crippen LogP contribution in [0.25, 0.3) is 0 Å². The van der Waals surface area contributed by atoms with E-state index in [1.165, 1.54) is 6.07 Å². The van der Waals surface area contributed by atoms with Gasteiger partial charge in [0.2, 0.25) is 0 Å². The van der Waals surface area contributed by atoms with Crippen molar-refractivity contribution >= 4 is 26.7 Å². The van der Waals surface area contributed by atoms with Crippen molar-refractivity contribution in [2.75, 3.05) is 18.8 Å². The summed E-state index contributed by atoms with van der Waals surface area (Å²) in [5.41, 5.74) is 0.536. The molecule has 0 spiro atoms. The number of benzene rings is 1. The van der Waals surface area contributed by atoms with Crippen LogP contribution in [0.4, 0.5) is 4.39 Å². The first-order chi connectivity index (χ1) is 7.65. The van der Waals surface area contributed by atoms with E-state index in [9.17, 15) is 8.60 Å². The third kappa shape index (κ3) is 3.12. The first-order valence-corrected chi connectivity index (χ1v) is 7.43. The van der Waals surface area contributed by atoms with E-state index in [1.807, 2.05) is 0 Å².